The molecule has 0 radical (unpaired) electrons. The Bertz CT molecular complexity index is 1030. The van der Waals surface area contributed by atoms with E-state index in [0.29, 0.717) is 37.6 Å². The summed E-state index contributed by atoms with van der Waals surface area (Å²) in [4.78, 5) is 34.0. The average Bonchev–Trinajstić information content (AvgIpc) is 3.08. The molecule has 2 aliphatic rings. The van der Waals surface area contributed by atoms with E-state index < -0.39 is 17.7 Å². The molecule has 0 saturated carbocycles. The highest BCUT2D eigenvalue weighted by Crippen LogP contribution is 2.39. The van der Waals surface area contributed by atoms with Crippen LogP contribution in [0.3, 0.4) is 0 Å². The lowest BCUT2D eigenvalue weighted by atomic mass is 9.94. The lowest BCUT2D eigenvalue weighted by molar-refractivity contribution is -0.140. The van der Waals surface area contributed by atoms with Crippen LogP contribution in [-0.2, 0) is 14.3 Å². The van der Waals surface area contributed by atoms with E-state index >= 15 is 0 Å². The number of nitrogens with zero attached hydrogens (tertiary/aromatic N) is 3. The molecule has 1 N–H and O–H groups in total. The Kier molecular flexibility index (Phi) is 6.53. The largest absolute Gasteiger partial charge is 0.507 e. The predicted octanol–water partition coefficient (Wildman–Crippen LogP) is 2.15. The van der Waals surface area contributed by atoms with Crippen molar-refractivity contribution in [2.45, 2.75) is 13.0 Å². The summed E-state index contributed by atoms with van der Waals surface area (Å²) < 4.78 is 10.6. The summed E-state index contributed by atoms with van der Waals surface area (Å²) in [5, 5.41) is 11.2. The molecule has 0 unspecified atom stereocenters. The van der Waals surface area contributed by atoms with Crippen molar-refractivity contribution in [3.8, 4) is 5.75 Å². The van der Waals surface area contributed by atoms with E-state index in [9.17, 15) is 14.7 Å². The second-order valence-corrected chi connectivity index (χ2v) is 7.91. The van der Waals surface area contributed by atoms with Crippen molar-refractivity contribution >= 4 is 17.4 Å². The Hall–Kier alpha value is -3.23. The van der Waals surface area contributed by atoms with Crippen LogP contribution in [0.5, 0.6) is 5.75 Å². The number of ketones is 1. The highest BCUT2D eigenvalue weighted by molar-refractivity contribution is 6.46. The van der Waals surface area contributed by atoms with E-state index in [0.717, 1.165) is 24.2 Å². The molecule has 0 spiro atoms. The molecule has 0 bridgehead atoms. The Morgan fingerprint density at radius 2 is 1.88 bits per heavy atom. The van der Waals surface area contributed by atoms with Crippen molar-refractivity contribution < 1.29 is 24.2 Å². The fraction of sp³-hybridized carbons (Fsp3) is 0.375. The number of amides is 1. The number of likely N-dealkylation sites (tertiary alicyclic amines) is 1. The van der Waals surface area contributed by atoms with E-state index in [1.54, 1.807) is 54.7 Å². The van der Waals surface area contributed by atoms with Gasteiger partial charge in [0.25, 0.3) is 11.7 Å². The number of aliphatic hydroxyl groups excluding tert-OH is 1. The van der Waals surface area contributed by atoms with Crippen LogP contribution < -0.4 is 4.74 Å². The Morgan fingerprint density at radius 1 is 1.16 bits per heavy atom. The van der Waals surface area contributed by atoms with Crippen LogP contribution in [0, 0.1) is 6.92 Å². The number of rotatable bonds is 6. The molecule has 1 aromatic carbocycles. The molecule has 8 heteroatoms. The van der Waals surface area contributed by atoms with Gasteiger partial charge in [0, 0.05) is 44.1 Å². The van der Waals surface area contributed by atoms with Gasteiger partial charge in [0.1, 0.15) is 11.5 Å². The highest BCUT2D eigenvalue weighted by atomic mass is 16.5. The van der Waals surface area contributed by atoms with Crippen LogP contribution in [-0.4, -0.2) is 78.1 Å². The molecule has 2 saturated heterocycles. The van der Waals surface area contributed by atoms with Crippen LogP contribution in [0.15, 0.2) is 48.3 Å². The van der Waals surface area contributed by atoms with Gasteiger partial charge in [-0.2, -0.15) is 0 Å². The van der Waals surface area contributed by atoms with Gasteiger partial charge in [-0.05, 0) is 48.4 Å². The van der Waals surface area contributed by atoms with Crippen LogP contribution >= 0.6 is 0 Å². The molecule has 4 rings (SSSR count). The van der Waals surface area contributed by atoms with Gasteiger partial charge in [-0.25, -0.2) is 0 Å². The minimum atomic E-state index is -0.680. The number of hydrogen-bond donors (Lipinski definition) is 1. The van der Waals surface area contributed by atoms with Crippen molar-refractivity contribution in [1.82, 2.24) is 14.8 Å². The summed E-state index contributed by atoms with van der Waals surface area (Å²) in [6.07, 6.45) is 3.24. The third kappa shape index (κ3) is 4.24. The van der Waals surface area contributed by atoms with Gasteiger partial charge in [-0.3, -0.25) is 19.5 Å². The maximum absolute atomic E-state index is 13.1. The maximum atomic E-state index is 13.1. The highest BCUT2D eigenvalue weighted by Gasteiger charge is 2.46. The zero-order valence-electron chi connectivity index (χ0n) is 18.3. The van der Waals surface area contributed by atoms with Crippen molar-refractivity contribution in [3.05, 3.63) is 65.0 Å². The number of benzene rings is 1. The summed E-state index contributed by atoms with van der Waals surface area (Å²) in [6, 6.07) is 8.07. The number of aromatic nitrogens is 1. The predicted molar refractivity (Wildman–Crippen MR) is 118 cm³/mol. The summed E-state index contributed by atoms with van der Waals surface area (Å²) in [7, 11) is 1.57. The third-order valence-electron chi connectivity index (χ3n) is 6.01. The smallest absolute Gasteiger partial charge is 0.295 e. The summed E-state index contributed by atoms with van der Waals surface area (Å²) in [5.41, 5.74) is 2.07. The lowest BCUT2D eigenvalue weighted by Crippen LogP contribution is -2.42. The molecule has 2 aromatic rings. The number of morpholine rings is 1. The number of ether oxygens (including phenoxy) is 2. The fourth-order valence-electron chi connectivity index (χ4n) is 4.25. The number of methoxy groups -OCH3 is 1. The first kappa shape index (κ1) is 22.0. The van der Waals surface area contributed by atoms with Crippen molar-refractivity contribution in [3.63, 3.8) is 0 Å². The monoisotopic (exact) mass is 437 g/mol. The van der Waals surface area contributed by atoms with Crippen LogP contribution in [0.4, 0.5) is 0 Å². The summed E-state index contributed by atoms with van der Waals surface area (Å²) in [6.45, 7) is 5.71. The molecule has 1 atom stereocenters. The van der Waals surface area contributed by atoms with E-state index in [1.165, 1.54) is 0 Å². The molecule has 1 amide bonds. The zero-order chi connectivity index (χ0) is 22.7. The molecular weight excluding hydrogens is 410 g/mol. The second-order valence-electron chi connectivity index (χ2n) is 7.91. The van der Waals surface area contributed by atoms with Crippen molar-refractivity contribution in [2.75, 3.05) is 46.5 Å². The quantitative estimate of drug-likeness (QED) is 0.421. The third-order valence-corrected chi connectivity index (χ3v) is 6.01. The maximum Gasteiger partial charge on any atom is 0.295 e. The van der Waals surface area contributed by atoms with Gasteiger partial charge in [0.2, 0.25) is 0 Å². The van der Waals surface area contributed by atoms with Gasteiger partial charge in [0.15, 0.2) is 0 Å². The molecule has 3 heterocycles. The van der Waals surface area contributed by atoms with Crippen LogP contribution in [0.25, 0.3) is 5.76 Å². The lowest BCUT2D eigenvalue weighted by Gasteiger charge is -2.31. The van der Waals surface area contributed by atoms with Gasteiger partial charge in [-0.15, -0.1) is 0 Å². The van der Waals surface area contributed by atoms with Gasteiger partial charge in [0.05, 0.1) is 31.9 Å². The number of aryl methyl sites for hydroxylation is 1. The minimum Gasteiger partial charge on any atom is -0.507 e. The minimum absolute atomic E-state index is 0.0939. The first-order valence-electron chi connectivity index (χ1n) is 10.6. The van der Waals surface area contributed by atoms with Gasteiger partial charge >= 0.3 is 0 Å². The average molecular weight is 437 g/mol. The summed E-state index contributed by atoms with van der Waals surface area (Å²) in [5.74, 6) is -0.816. The molecule has 8 nitrogen and oxygen atoms in total. The number of aliphatic hydroxyl groups is 1. The number of carbonyl (C=O) groups excluding carboxylic acids is 2. The molecular formula is C24H27N3O5. The first-order chi connectivity index (χ1) is 15.5. The standard InChI is InChI=1S/C24H27N3O5/c1-16-15-18(31-2)3-4-19(16)22(28)20-21(17-5-7-25-8-6-17)27(24(30)23(20)29)10-9-26-11-13-32-14-12-26/h3-8,15,21,28H,9-14H2,1-2H3/t21-/m1/s1. The Morgan fingerprint density at radius 3 is 2.53 bits per heavy atom. The Labute approximate surface area is 187 Å². The van der Waals surface area contributed by atoms with Gasteiger partial charge in [-0.1, -0.05) is 0 Å². The topological polar surface area (TPSA) is 92.2 Å². The fourth-order valence-corrected chi connectivity index (χ4v) is 4.25. The van der Waals surface area contributed by atoms with Crippen molar-refractivity contribution in [1.29, 1.82) is 0 Å². The zero-order valence-corrected chi connectivity index (χ0v) is 18.3. The number of hydrogen-bond acceptors (Lipinski definition) is 7. The number of Topliss-reactive ketones (excluding diaryl/α,β-unsaturated/α-hetero) is 1. The SMILES string of the molecule is COc1ccc(C(O)=C2C(=O)C(=O)N(CCN3CCOCC3)[C@@H]2c2ccncc2)c(C)c1. The van der Waals surface area contributed by atoms with E-state index in [-0.39, 0.29) is 11.3 Å². The second kappa shape index (κ2) is 9.50. The van der Waals surface area contributed by atoms with Crippen LogP contribution in [0.2, 0.25) is 0 Å². The van der Waals surface area contributed by atoms with Crippen LogP contribution in [0.1, 0.15) is 22.7 Å². The number of pyridine rings is 1. The molecule has 2 fully saturated rings. The molecule has 32 heavy (non-hydrogen) atoms. The first-order valence-corrected chi connectivity index (χ1v) is 10.6. The molecule has 1 aromatic heterocycles. The van der Waals surface area contributed by atoms with Gasteiger partial charge < -0.3 is 19.5 Å². The van der Waals surface area contributed by atoms with E-state index in [4.69, 9.17) is 9.47 Å². The Balaban J connectivity index is 1.73. The van der Waals surface area contributed by atoms with E-state index in [1.807, 2.05) is 6.92 Å². The number of carbonyl (C=O) groups is 2. The molecule has 0 aliphatic carbocycles. The molecule has 2 aliphatic heterocycles. The van der Waals surface area contributed by atoms with Crippen molar-refractivity contribution in [2.24, 2.45) is 0 Å². The normalized spacial score (nSPS) is 21.2. The summed E-state index contributed by atoms with van der Waals surface area (Å²) >= 11 is 0. The van der Waals surface area contributed by atoms with E-state index in [2.05, 4.69) is 9.88 Å². The molecule has 168 valence electrons.